The molecule has 0 N–H and O–H groups in total. The summed E-state index contributed by atoms with van der Waals surface area (Å²) in [7, 11) is -0.0783. The SMILES string of the molecule is COCCCN1C(=CC=C2CC/C(=C\C=C3\N(CCCOC)c4ccc(C)cc4C3(C)C)C2=[N+](c2ccccc2)c2ccccc2)C(C)(C)c2cc(C)ccc21.FB(F)F.[F-]. The van der Waals surface area contributed by atoms with Gasteiger partial charge in [0.05, 0.1) is 0 Å². The molecule has 0 bridgehead atoms. The second-order valence-corrected chi connectivity index (χ2v) is 16.9. The molecule has 0 unspecified atom stereocenters. The van der Waals surface area contributed by atoms with Crippen molar-refractivity contribution in [1.29, 1.82) is 0 Å². The second kappa shape index (κ2) is 20.6. The minimum absolute atomic E-state index is 0. The summed E-state index contributed by atoms with van der Waals surface area (Å²) in [5.41, 5.74) is 16.6. The van der Waals surface area contributed by atoms with Gasteiger partial charge in [0.25, 0.3) is 0 Å². The average molecular weight is 834 g/mol. The van der Waals surface area contributed by atoms with Gasteiger partial charge < -0.3 is 24.0 Å². The Labute approximate surface area is 361 Å². The number of benzene rings is 4. The van der Waals surface area contributed by atoms with Crippen LogP contribution in [0.4, 0.5) is 35.7 Å². The quantitative estimate of drug-likeness (QED) is 0.0616. The number of methoxy groups -OCH3 is 2. The molecule has 2 aliphatic heterocycles. The van der Waals surface area contributed by atoms with Crippen molar-refractivity contribution in [3.63, 3.8) is 0 Å². The monoisotopic (exact) mass is 833 g/mol. The lowest BCUT2D eigenvalue weighted by molar-refractivity contribution is -0.0000160. The Balaban J connectivity index is 0.00000135. The van der Waals surface area contributed by atoms with Crippen molar-refractivity contribution in [2.45, 2.75) is 78.1 Å². The third kappa shape index (κ3) is 10.3. The molecule has 0 spiro atoms. The van der Waals surface area contributed by atoms with Crippen LogP contribution in [0.5, 0.6) is 0 Å². The van der Waals surface area contributed by atoms with Crippen molar-refractivity contribution in [2.24, 2.45) is 0 Å². The van der Waals surface area contributed by atoms with Crippen LogP contribution in [0.3, 0.4) is 0 Å². The molecule has 0 amide bonds. The maximum atomic E-state index is 9.67. The fourth-order valence-corrected chi connectivity index (χ4v) is 9.04. The van der Waals surface area contributed by atoms with Crippen molar-refractivity contribution in [3.8, 4) is 0 Å². The standard InChI is InChI=1S/C51H60N3O2.BF3.FH/c1-37-21-27-45-43(35-37)50(3,4)47(52(45)31-15-33-55-7)29-25-39-23-24-40(49(39)54(41-17-11-9-12-18-41)42-19-13-10-14-20-42)26-30-48-51(5,6)44-36-38(2)22-28-46(44)53(48)32-16-34-56-8;2-1(3)4;/h9-14,17-22,25-30,35-36H,15-16,23-24,31-34H2,1-8H3;;1H/q+1;;/p-1. The molecule has 7 rings (SSSR count). The van der Waals surface area contributed by atoms with Gasteiger partial charge in [-0.25, -0.2) is 0 Å². The highest BCUT2D eigenvalue weighted by Gasteiger charge is 2.42. The van der Waals surface area contributed by atoms with Crippen LogP contribution in [-0.4, -0.2) is 53.8 Å². The van der Waals surface area contributed by atoms with Crippen molar-refractivity contribution in [1.82, 2.24) is 4.58 Å². The molecule has 1 fully saturated rings. The first-order valence-electron chi connectivity index (χ1n) is 21.1. The predicted octanol–water partition coefficient (Wildman–Crippen LogP) is 9.55. The molecular formula is C51H60BF4N3O2. The summed E-state index contributed by atoms with van der Waals surface area (Å²) in [6.45, 7) is 17.2. The summed E-state index contributed by atoms with van der Waals surface area (Å²) in [6, 6.07) is 35.6. The highest BCUT2D eigenvalue weighted by atomic mass is 19.4. The molecule has 0 radical (unpaired) electrons. The number of nitrogens with zero attached hydrogens (tertiary/aromatic N) is 3. The molecule has 0 saturated heterocycles. The maximum Gasteiger partial charge on any atom is 0.762 e. The zero-order valence-corrected chi connectivity index (χ0v) is 37.0. The molecule has 0 atom stereocenters. The zero-order valence-electron chi connectivity index (χ0n) is 37.0. The van der Waals surface area contributed by atoms with Gasteiger partial charge in [0.1, 0.15) is 0 Å². The molecule has 4 aromatic rings. The summed E-state index contributed by atoms with van der Waals surface area (Å²) < 4.78 is 42.5. The van der Waals surface area contributed by atoms with Crippen LogP contribution in [-0.2, 0) is 20.3 Å². The Bertz CT molecular complexity index is 2130. The third-order valence-corrected chi connectivity index (χ3v) is 12.0. The number of para-hydroxylation sites is 2. The normalized spacial score (nSPS) is 18.6. The molecule has 10 heteroatoms. The van der Waals surface area contributed by atoms with Crippen LogP contribution in [0.25, 0.3) is 0 Å². The lowest BCUT2D eigenvalue weighted by Crippen LogP contribution is -3.00. The molecule has 5 nitrogen and oxygen atoms in total. The summed E-state index contributed by atoms with van der Waals surface area (Å²) in [4.78, 5) is 5.07. The molecule has 0 aromatic heterocycles. The number of ether oxygens (including phenoxy) is 2. The largest absolute Gasteiger partial charge is 1.00 e. The first kappa shape index (κ1) is 46.9. The van der Waals surface area contributed by atoms with Crippen molar-refractivity contribution >= 4 is 36.0 Å². The number of rotatable bonds is 12. The smallest absolute Gasteiger partial charge is 0.762 e. The maximum absolute atomic E-state index is 9.67. The lowest BCUT2D eigenvalue weighted by Gasteiger charge is -2.27. The highest BCUT2D eigenvalue weighted by Crippen LogP contribution is 2.50. The Morgan fingerprint density at radius 1 is 0.607 bits per heavy atom. The molecule has 3 aliphatic rings. The number of hydrogen-bond acceptors (Lipinski definition) is 4. The van der Waals surface area contributed by atoms with Crippen LogP contribution in [0.2, 0.25) is 0 Å². The van der Waals surface area contributed by atoms with Crippen molar-refractivity contribution in [3.05, 3.63) is 166 Å². The molecule has 1 aliphatic carbocycles. The van der Waals surface area contributed by atoms with Gasteiger partial charge in [0.2, 0.25) is 17.1 Å². The van der Waals surface area contributed by atoms with Crippen LogP contribution < -0.4 is 19.1 Å². The van der Waals surface area contributed by atoms with E-state index in [1.807, 2.05) is 0 Å². The molecule has 2 heterocycles. The number of anilines is 2. The zero-order chi connectivity index (χ0) is 43.0. The summed E-state index contributed by atoms with van der Waals surface area (Å²) in [6.07, 6.45) is 13.5. The van der Waals surface area contributed by atoms with Gasteiger partial charge in [-0.05, 0) is 74.9 Å². The first-order valence-corrected chi connectivity index (χ1v) is 21.1. The highest BCUT2D eigenvalue weighted by molar-refractivity contribution is 6.33. The van der Waals surface area contributed by atoms with E-state index in [1.54, 1.807) is 14.2 Å². The minimum Gasteiger partial charge on any atom is -1.00 e. The van der Waals surface area contributed by atoms with Gasteiger partial charge in [-0.3, -0.25) is 12.9 Å². The number of aryl methyl sites for hydroxylation is 2. The number of halogens is 4. The van der Waals surface area contributed by atoms with E-state index in [-0.39, 0.29) is 15.5 Å². The Hall–Kier alpha value is -5.19. The molecule has 61 heavy (non-hydrogen) atoms. The Morgan fingerprint density at radius 2 is 0.984 bits per heavy atom. The number of allylic oxidation sites excluding steroid dienone is 8. The van der Waals surface area contributed by atoms with Gasteiger partial charge in [-0.1, -0.05) is 112 Å². The Kier molecular flexibility index (Phi) is 15.8. The lowest BCUT2D eigenvalue weighted by atomic mass is 9.83. The van der Waals surface area contributed by atoms with E-state index in [2.05, 4.69) is 177 Å². The van der Waals surface area contributed by atoms with E-state index in [1.165, 1.54) is 61.9 Å². The Morgan fingerprint density at radius 3 is 1.34 bits per heavy atom. The van der Waals surface area contributed by atoms with E-state index in [4.69, 9.17) is 9.47 Å². The first-order chi connectivity index (χ1) is 28.8. The van der Waals surface area contributed by atoms with Crippen molar-refractivity contribution in [2.75, 3.05) is 50.3 Å². The minimum atomic E-state index is -3.67. The van der Waals surface area contributed by atoms with Crippen LogP contribution in [0.15, 0.2) is 144 Å². The topological polar surface area (TPSA) is 28.0 Å². The second-order valence-electron chi connectivity index (χ2n) is 16.9. The van der Waals surface area contributed by atoms with E-state index >= 15 is 0 Å². The number of hydrogen-bond donors (Lipinski definition) is 0. The van der Waals surface area contributed by atoms with Crippen LogP contribution >= 0.6 is 0 Å². The predicted molar refractivity (Wildman–Crippen MR) is 246 cm³/mol. The molecule has 1 saturated carbocycles. The fraction of sp³-hybridized carbons (Fsp3) is 0.353. The third-order valence-electron chi connectivity index (χ3n) is 12.0. The van der Waals surface area contributed by atoms with Gasteiger partial charge in [0.15, 0.2) is 0 Å². The van der Waals surface area contributed by atoms with Crippen molar-refractivity contribution < 1.29 is 27.1 Å². The van der Waals surface area contributed by atoms with E-state index in [9.17, 15) is 12.9 Å². The van der Waals surface area contributed by atoms with Gasteiger partial charge >= 0.3 is 7.54 Å². The summed E-state index contributed by atoms with van der Waals surface area (Å²) >= 11 is 0. The summed E-state index contributed by atoms with van der Waals surface area (Å²) in [5, 5.41) is 0. The van der Waals surface area contributed by atoms with E-state index in [0.717, 1.165) is 63.4 Å². The number of fused-ring (bicyclic) bond motifs is 2. The average Bonchev–Trinajstić information content (AvgIpc) is 3.78. The molecular weight excluding hydrogens is 773 g/mol. The van der Waals surface area contributed by atoms with E-state index < -0.39 is 7.54 Å². The molecule has 322 valence electrons. The summed E-state index contributed by atoms with van der Waals surface area (Å²) in [5.74, 6) is 0. The van der Waals surface area contributed by atoms with Crippen LogP contribution in [0, 0.1) is 13.8 Å². The fourth-order valence-electron chi connectivity index (χ4n) is 9.04. The van der Waals surface area contributed by atoms with Gasteiger partial charge in [-0.15, -0.1) is 0 Å². The molecule has 4 aromatic carbocycles. The van der Waals surface area contributed by atoms with Gasteiger partial charge in [-0.2, -0.15) is 4.58 Å². The van der Waals surface area contributed by atoms with Crippen LogP contribution in [0.1, 0.15) is 75.6 Å². The van der Waals surface area contributed by atoms with E-state index in [0.29, 0.717) is 0 Å². The van der Waals surface area contributed by atoms with Gasteiger partial charge in [0, 0.05) is 110 Å².